The van der Waals surface area contributed by atoms with Crippen LogP contribution in [0.1, 0.15) is 19.4 Å². The van der Waals surface area contributed by atoms with Gasteiger partial charge in [0.25, 0.3) is 0 Å². The van der Waals surface area contributed by atoms with Crippen molar-refractivity contribution in [1.82, 2.24) is 4.72 Å². The summed E-state index contributed by atoms with van der Waals surface area (Å²) in [5, 5.41) is 0. The van der Waals surface area contributed by atoms with E-state index in [0.717, 1.165) is 17.7 Å². The monoisotopic (exact) mass is 339 g/mol. The number of benzene rings is 1. The highest BCUT2D eigenvalue weighted by Crippen LogP contribution is 2.33. The van der Waals surface area contributed by atoms with E-state index in [1.807, 2.05) is 0 Å². The lowest BCUT2D eigenvalue weighted by Crippen LogP contribution is -2.62. The molecule has 1 rings (SSSR count). The maximum Gasteiger partial charge on any atom is 0.418 e. The van der Waals surface area contributed by atoms with Gasteiger partial charge in [-0.25, -0.2) is 13.2 Å². The Kier molecular flexibility index (Phi) is 5.24. The van der Waals surface area contributed by atoms with Crippen LogP contribution in [0.4, 0.5) is 13.2 Å². The van der Waals surface area contributed by atoms with Crippen LogP contribution in [0, 0.1) is 6.92 Å². The number of hydrogen-bond acceptors (Lipinski definition) is 4. The summed E-state index contributed by atoms with van der Waals surface area (Å²) in [6.07, 6.45) is -5.16. The summed E-state index contributed by atoms with van der Waals surface area (Å²) in [6.45, 7) is 3.14. The normalized spacial score (nSPS) is 15.2. The molecule has 9 heteroatoms. The van der Waals surface area contributed by atoms with E-state index >= 15 is 0 Å². The third kappa shape index (κ3) is 3.77. The van der Waals surface area contributed by atoms with Crippen molar-refractivity contribution in [3.63, 3.8) is 0 Å². The minimum atomic E-state index is -5.16. The lowest BCUT2D eigenvalue weighted by molar-refractivity contribution is -0.205. The van der Waals surface area contributed by atoms with E-state index in [4.69, 9.17) is 0 Å². The second-order valence-electron chi connectivity index (χ2n) is 4.76. The van der Waals surface area contributed by atoms with Crippen molar-refractivity contribution >= 4 is 16.0 Å². The lowest BCUT2D eigenvalue weighted by atomic mass is 10.0. The third-order valence-electron chi connectivity index (χ3n) is 2.92. The van der Waals surface area contributed by atoms with Crippen molar-refractivity contribution in [2.75, 3.05) is 6.61 Å². The van der Waals surface area contributed by atoms with Gasteiger partial charge in [-0.15, -0.1) is 0 Å². The highest BCUT2D eigenvalue weighted by molar-refractivity contribution is 7.89. The third-order valence-corrected chi connectivity index (χ3v) is 4.49. The quantitative estimate of drug-likeness (QED) is 0.835. The van der Waals surface area contributed by atoms with Crippen LogP contribution in [-0.2, 0) is 19.6 Å². The van der Waals surface area contributed by atoms with Gasteiger partial charge in [-0.1, -0.05) is 17.7 Å². The molecule has 0 saturated heterocycles. The smallest absolute Gasteiger partial charge is 0.418 e. The van der Waals surface area contributed by atoms with E-state index in [-0.39, 0.29) is 11.5 Å². The predicted octanol–water partition coefficient (Wildman–Crippen LogP) is 2.16. The van der Waals surface area contributed by atoms with Gasteiger partial charge in [-0.2, -0.15) is 17.9 Å². The first kappa shape index (κ1) is 18.4. The number of carbonyl (C=O) groups excluding carboxylic acids is 1. The van der Waals surface area contributed by atoms with Gasteiger partial charge in [0.15, 0.2) is 0 Å². The molecule has 124 valence electrons. The zero-order valence-electron chi connectivity index (χ0n) is 12.2. The van der Waals surface area contributed by atoms with Crippen LogP contribution in [0.5, 0.6) is 0 Å². The Hall–Kier alpha value is -1.61. The van der Waals surface area contributed by atoms with Crippen LogP contribution in [0.15, 0.2) is 29.2 Å². The number of aryl methyl sites for hydroxylation is 1. The topological polar surface area (TPSA) is 72.5 Å². The second kappa shape index (κ2) is 6.25. The fourth-order valence-corrected chi connectivity index (χ4v) is 2.88. The fraction of sp³-hybridized carbons (Fsp3) is 0.462. The van der Waals surface area contributed by atoms with Crippen LogP contribution in [0.3, 0.4) is 0 Å². The molecule has 0 heterocycles. The first-order valence-corrected chi connectivity index (χ1v) is 7.77. The number of esters is 1. The second-order valence-corrected chi connectivity index (χ2v) is 6.44. The highest BCUT2D eigenvalue weighted by Gasteiger charge is 2.60. The molecular formula is C13H16F3NO4S. The lowest BCUT2D eigenvalue weighted by Gasteiger charge is -2.30. The zero-order chi connectivity index (χ0) is 17.2. The molecule has 0 spiro atoms. The maximum absolute atomic E-state index is 13.2. The molecule has 0 aromatic heterocycles. The molecule has 0 saturated carbocycles. The Balaban J connectivity index is 3.24. The average molecular weight is 339 g/mol. The van der Waals surface area contributed by atoms with Gasteiger partial charge in [0.05, 0.1) is 11.5 Å². The SMILES string of the molecule is CCOC(=O)[C@](C)(NS(=O)(=O)c1ccc(C)cc1)C(F)(F)F. The Morgan fingerprint density at radius 1 is 1.23 bits per heavy atom. The molecule has 0 bridgehead atoms. The van der Waals surface area contributed by atoms with Crippen LogP contribution >= 0.6 is 0 Å². The summed E-state index contributed by atoms with van der Waals surface area (Å²) >= 11 is 0. The first-order chi connectivity index (χ1) is 9.94. The van der Waals surface area contributed by atoms with Crippen LogP contribution in [0.2, 0.25) is 0 Å². The summed E-state index contributed by atoms with van der Waals surface area (Å²) in [5.74, 6) is -1.71. The van der Waals surface area contributed by atoms with Crippen molar-refractivity contribution < 1.29 is 31.1 Å². The molecule has 0 unspecified atom stereocenters. The molecule has 0 aliphatic heterocycles. The number of hydrogen-bond donors (Lipinski definition) is 1. The number of carbonyl (C=O) groups is 1. The van der Waals surface area contributed by atoms with Crippen molar-refractivity contribution in [2.24, 2.45) is 0 Å². The molecule has 0 radical (unpaired) electrons. The number of sulfonamides is 1. The summed E-state index contributed by atoms with van der Waals surface area (Å²) in [5.41, 5.74) is -2.63. The Labute approximate surface area is 126 Å². The first-order valence-electron chi connectivity index (χ1n) is 6.28. The van der Waals surface area contributed by atoms with E-state index in [1.165, 1.54) is 23.8 Å². The van der Waals surface area contributed by atoms with Gasteiger partial charge < -0.3 is 4.74 Å². The van der Waals surface area contributed by atoms with E-state index in [1.54, 1.807) is 6.92 Å². The van der Waals surface area contributed by atoms with E-state index in [9.17, 15) is 26.4 Å². The number of alkyl halides is 3. The minimum absolute atomic E-state index is 0.309. The standard InChI is InChI=1S/C13H16F3NO4S/c1-4-21-11(18)12(3,13(14,15)16)17-22(19,20)10-7-5-9(2)6-8-10/h5-8,17H,4H2,1-3H3/t12-/m0/s1. The summed E-state index contributed by atoms with van der Waals surface area (Å²) in [6, 6.07) is 5.17. The fourth-order valence-electron chi connectivity index (χ4n) is 1.54. The summed E-state index contributed by atoms with van der Waals surface area (Å²) in [4.78, 5) is 11.2. The summed E-state index contributed by atoms with van der Waals surface area (Å²) in [7, 11) is -4.55. The Morgan fingerprint density at radius 3 is 2.14 bits per heavy atom. The molecule has 0 amide bonds. The molecule has 5 nitrogen and oxygen atoms in total. The van der Waals surface area contributed by atoms with Crippen molar-refractivity contribution in [3.05, 3.63) is 29.8 Å². The van der Waals surface area contributed by atoms with Gasteiger partial charge in [-0.3, -0.25) is 0 Å². The van der Waals surface area contributed by atoms with Gasteiger partial charge in [0.1, 0.15) is 0 Å². The van der Waals surface area contributed by atoms with Crippen LogP contribution in [-0.4, -0.2) is 32.7 Å². The number of ether oxygens (including phenoxy) is 1. The molecular weight excluding hydrogens is 323 g/mol. The van der Waals surface area contributed by atoms with Crippen LogP contribution in [0.25, 0.3) is 0 Å². The molecule has 0 aliphatic carbocycles. The number of nitrogens with one attached hydrogen (secondary N) is 1. The van der Waals surface area contributed by atoms with E-state index < -0.39 is 27.7 Å². The largest absolute Gasteiger partial charge is 0.464 e. The molecule has 1 N–H and O–H groups in total. The van der Waals surface area contributed by atoms with E-state index in [2.05, 4.69) is 4.74 Å². The summed E-state index contributed by atoms with van der Waals surface area (Å²) < 4.78 is 69.4. The Bertz CT molecular complexity index is 640. The van der Waals surface area contributed by atoms with Crippen LogP contribution < -0.4 is 4.72 Å². The molecule has 1 aromatic carbocycles. The molecule has 0 aliphatic rings. The molecule has 1 aromatic rings. The van der Waals surface area contributed by atoms with Crippen molar-refractivity contribution in [1.29, 1.82) is 0 Å². The van der Waals surface area contributed by atoms with Crippen molar-refractivity contribution in [3.8, 4) is 0 Å². The highest BCUT2D eigenvalue weighted by atomic mass is 32.2. The molecule has 0 fully saturated rings. The Morgan fingerprint density at radius 2 is 1.73 bits per heavy atom. The van der Waals surface area contributed by atoms with Gasteiger partial charge >= 0.3 is 12.1 Å². The van der Waals surface area contributed by atoms with Gasteiger partial charge in [-0.05, 0) is 32.9 Å². The minimum Gasteiger partial charge on any atom is -0.464 e. The predicted molar refractivity (Wildman–Crippen MR) is 72.6 cm³/mol. The number of rotatable bonds is 5. The zero-order valence-corrected chi connectivity index (χ0v) is 13.0. The molecule has 22 heavy (non-hydrogen) atoms. The van der Waals surface area contributed by atoms with E-state index in [0.29, 0.717) is 6.92 Å². The van der Waals surface area contributed by atoms with Gasteiger partial charge in [0.2, 0.25) is 15.6 Å². The maximum atomic E-state index is 13.2. The average Bonchev–Trinajstić information content (AvgIpc) is 2.37. The molecule has 1 atom stereocenters. The van der Waals surface area contributed by atoms with Crippen molar-refractivity contribution in [2.45, 2.75) is 37.4 Å². The van der Waals surface area contributed by atoms with Gasteiger partial charge in [0, 0.05) is 0 Å². The number of halogens is 3.